The topological polar surface area (TPSA) is 49.3 Å². The van der Waals surface area contributed by atoms with Gasteiger partial charge in [0.25, 0.3) is 0 Å². The third-order valence-electron chi connectivity index (χ3n) is 2.92. The molecule has 6 heteroatoms. The van der Waals surface area contributed by atoms with Gasteiger partial charge in [0.15, 0.2) is 0 Å². The lowest BCUT2D eigenvalue weighted by molar-refractivity contribution is -0.139. The third kappa shape index (κ3) is 3.96. The molecule has 0 radical (unpaired) electrons. The molecule has 0 aliphatic carbocycles. The minimum Gasteiger partial charge on any atom is -0.481 e. The molecule has 3 nitrogen and oxygen atoms in total. The van der Waals surface area contributed by atoms with E-state index in [4.69, 9.17) is 5.11 Å². The van der Waals surface area contributed by atoms with Crippen molar-refractivity contribution >= 4 is 5.97 Å². The van der Waals surface area contributed by atoms with Gasteiger partial charge in [-0.25, -0.2) is 0 Å². The van der Waals surface area contributed by atoms with Crippen molar-refractivity contribution in [2.45, 2.75) is 32.0 Å². The second-order valence-electron chi connectivity index (χ2n) is 4.51. The number of aliphatic carboxylic acids is 1. The summed E-state index contributed by atoms with van der Waals surface area (Å²) < 4.78 is 37.4. The monoisotopic (exact) mass is 275 g/mol. The molecule has 1 rings (SSSR count). The number of carbonyl (C=O) groups is 1. The van der Waals surface area contributed by atoms with E-state index >= 15 is 0 Å². The van der Waals surface area contributed by atoms with Crippen LogP contribution in [0.1, 0.15) is 31.4 Å². The molecule has 1 unspecified atom stereocenters. The second-order valence-corrected chi connectivity index (χ2v) is 4.51. The summed E-state index contributed by atoms with van der Waals surface area (Å²) >= 11 is 0. The SMILES string of the molecule is CCNC(C)(CC(=O)O)c1ccc(C(F)(F)F)cc1. The zero-order chi connectivity index (χ0) is 14.7. The van der Waals surface area contributed by atoms with Gasteiger partial charge >= 0.3 is 12.1 Å². The van der Waals surface area contributed by atoms with Crippen LogP contribution in [0.5, 0.6) is 0 Å². The number of hydrogen-bond acceptors (Lipinski definition) is 2. The van der Waals surface area contributed by atoms with Crippen LogP contribution in [0.25, 0.3) is 0 Å². The van der Waals surface area contributed by atoms with E-state index in [1.807, 2.05) is 6.92 Å². The third-order valence-corrected chi connectivity index (χ3v) is 2.92. The number of hydrogen-bond donors (Lipinski definition) is 2. The normalized spacial score (nSPS) is 15.0. The summed E-state index contributed by atoms with van der Waals surface area (Å²) in [7, 11) is 0. The van der Waals surface area contributed by atoms with E-state index in [2.05, 4.69) is 5.32 Å². The van der Waals surface area contributed by atoms with Crippen molar-refractivity contribution in [2.75, 3.05) is 6.54 Å². The van der Waals surface area contributed by atoms with Crippen LogP contribution in [0.4, 0.5) is 13.2 Å². The van der Waals surface area contributed by atoms with Gasteiger partial charge < -0.3 is 10.4 Å². The van der Waals surface area contributed by atoms with Gasteiger partial charge in [0.1, 0.15) is 0 Å². The summed E-state index contributed by atoms with van der Waals surface area (Å²) in [6.07, 6.45) is -4.59. The largest absolute Gasteiger partial charge is 0.481 e. The summed E-state index contributed by atoms with van der Waals surface area (Å²) in [6.45, 7) is 3.99. The molecular formula is C13H16F3NO2. The van der Waals surface area contributed by atoms with Crippen molar-refractivity contribution in [3.63, 3.8) is 0 Å². The number of rotatable bonds is 5. The number of nitrogens with one attached hydrogen (secondary N) is 1. The highest BCUT2D eigenvalue weighted by Crippen LogP contribution is 2.31. The molecule has 19 heavy (non-hydrogen) atoms. The Bertz CT molecular complexity index is 442. The van der Waals surface area contributed by atoms with E-state index in [0.717, 1.165) is 12.1 Å². The zero-order valence-electron chi connectivity index (χ0n) is 10.7. The first kappa shape index (κ1) is 15.5. The molecule has 0 aromatic heterocycles. The van der Waals surface area contributed by atoms with E-state index in [9.17, 15) is 18.0 Å². The van der Waals surface area contributed by atoms with Crippen molar-refractivity contribution < 1.29 is 23.1 Å². The van der Waals surface area contributed by atoms with Gasteiger partial charge in [-0.05, 0) is 31.2 Å². The molecule has 0 aliphatic heterocycles. The predicted octanol–water partition coefficient (Wildman–Crippen LogP) is 3.00. The highest BCUT2D eigenvalue weighted by atomic mass is 19.4. The smallest absolute Gasteiger partial charge is 0.416 e. The van der Waals surface area contributed by atoms with E-state index in [1.54, 1.807) is 6.92 Å². The maximum Gasteiger partial charge on any atom is 0.416 e. The van der Waals surface area contributed by atoms with Crippen LogP contribution in [0.15, 0.2) is 24.3 Å². The first-order valence-corrected chi connectivity index (χ1v) is 5.83. The van der Waals surface area contributed by atoms with Crippen molar-refractivity contribution in [2.24, 2.45) is 0 Å². The first-order valence-electron chi connectivity index (χ1n) is 5.83. The van der Waals surface area contributed by atoms with Crippen LogP contribution in [0.2, 0.25) is 0 Å². The number of carboxylic acids is 1. The number of benzene rings is 1. The maximum absolute atomic E-state index is 12.5. The Morgan fingerprint density at radius 1 is 1.21 bits per heavy atom. The molecule has 0 bridgehead atoms. The van der Waals surface area contributed by atoms with Crippen LogP contribution in [-0.2, 0) is 16.5 Å². The highest BCUT2D eigenvalue weighted by molar-refractivity contribution is 5.68. The summed E-state index contributed by atoms with van der Waals surface area (Å²) in [5.74, 6) is -1.01. The first-order chi connectivity index (χ1) is 8.69. The summed E-state index contributed by atoms with van der Waals surface area (Å²) in [5.41, 5.74) is -1.11. The average Bonchev–Trinajstić information content (AvgIpc) is 2.27. The number of carboxylic acid groups (broad SMARTS) is 1. The number of alkyl halides is 3. The Balaban J connectivity index is 3.07. The Morgan fingerprint density at radius 2 is 1.68 bits per heavy atom. The summed E-state index contributed by atoms with van der Waals surface area (Å²) in [6, 6.07) is 4.56. The zero-order valence-corrected chi connectivity index (χ0v) is 10.7. The van der Waals surface area contributed by atoms with Crippen LogP contribution >= 0.6 is 0 Å². The lowest BCUT2D eigenvalue weighted by Crippen LogP contribution is -2.41. The van der Waals surface area contributed by atoms with Gasteiger partial charge in [-0.3, -0.25) is 4.79 Å². The summed E-state index contributed by atoms with van der Waals surface area (Å²) in [5, 5.41) is 11.9. The molecule has 0 heterocycles. The molecule has 0 amide bonds. The molecule has 0 saturated heterocycles. The minimum atomic E-state index is -4.39. The molecule has 0 fully saturated rings. The van der Waals surface area contributed by atoms with Crippen molar-refractivity contribution in [1.82, 2.24) is 5.32 Å². The fraction of sp³-hybridized carbons (Fsp3) is 0.462. The fourth-order valence-corrected chi connectivity index (χ4v) is 1.99. The van der Waals surface area contributed by atoms with E-state index in [-0.39, 0.29) is 6.42 Å². The molecule has 1 aromatic rings. The van der Waals surface area contributed by atoms with Crippen LogP contribution in [-0.4, -0.2) is 17.6 Å². The van der Waals surface area contributed by atoms with Gasteiger partial charge in [-0.15, -0.1) is 0 Å². The molecular weight excluding hydrogens is 259 g/mol. The Kier molecular flexibility index (Phi) is 4.57. The lowest BCUT2D eigenvalue weighted by atomic mass is 9.88. The molecule has 2 N–H and O–H groups in total. The Hall–Kier alpha value is -1.56. The molecule has 1 aromatic carbocycles. The quantitative estimate of drug-likeness (QED) is 0.868. The van der Waals surface area contributed by atoms with Crippen molar-refractivity contribution in [3.8, 4) is 0 Å². The number of halogens is 3. The van der Waals surface area contributed by atoms with Crippen LogP contribution in [0, 0.1) is 0 Å². The minimum absolute atomic E-state index is 0.202. The van der Waals surface area contributed by atoms with Crippen LogP contribution < -0.4 is 5.32 Å². The van der Waals surface area contributed by atoms with Crippen molar-refractivity contribution in [3.05, 3.63) is 35.4 Å². The van der Waals surface area contributed by atoms with E-state index < -0.39 is 23.2 Å². The van der Waals surface area contributed by atoms with Gasteiger partial charge in [0.05, 0.1) is 17.5 Å². The molecule has 106 valence electrons. The van der Waals surface area contributed by atoms with Gasteiger partial charge in [0.2, 0.25) is 0 Å². The molecule has 0 saturated carbocycles. The van der Waals surface area contributed by atoms with Crippen molar-refractivity contribution in [1.29, 1.82) is 0 Å². The second kappa shape index (κ2) is 5.61. The Morgan fingerprint density at radius 3 is 2.05 bits per heavy atom. The van der Waals surface area contributed by atoms with Gasteiger partial charge in [-0.1, -0.05) is 19.1 Å². The fourth-order valence-electron chi connectivity index (χ4n) is 1.99. The predicted molar refractivity (Wildman–Crippen MR) is 64.7 cm³/mol. The van der Waals surface area contributed by atoms with E-state index in [0.29, 0.717) is 12.1 Å². The Labute approximate surface area is 109 Å². The standard InChI is InChI=1S/C13H16F3NO2/c1-3-17-12(2,8-11(18)19)9-4-6-10(7-5-9)13(14,15)16/h4-7,17H,3,8H2,1-2H3,(H,18,19). The van der Waals surface area contributed by atoms with E-state index in [1.165, 1.54) is 12.1 Å². The average molecular weight is 275 g/mol. The lowest BCUT2D eigenvalue weighted by Gasteiger charge is -2.30. The van der Waals surface area contributed by atoms with Gasteiger partial charge in [-0.2, -0.15) is 13.2 Å². The van der Waals surface area contributed by atoms with Gasteiger partial charge in [0, 0.05) is 0 Å². The van der Waals surface area contributed by atoms with Crippen LogP contribution in [0.3, 0.4) is 0 Å². The molecule has 0 spiro atoms. The summed E-state index contributed by atoms with van der Waals surface area (Å²) in [4.78, 5) is 10.9. The maximum atomic E-state index is 12.5. The highest BCUT2D eigenvalue weighted by Gasteiger charge is 2.32. The molecule has 0 aliphatic rings. The molecule has 1 atom stereocenters.